The molecule has 0 spiro atoms. The number of esters is 1. The van der Waals surface area contributed by atoms with E-state index < -0.39 is 0 Å². The predicted octanol–water partition coefficient (Wildman–Crippen LogP) is 1.70. The average Bonchev–Trinajstić information content (AvgIpc) is 2.08. The molecule has 1 fully saturated rings. The van der Waals surface area contributed by atoms with E-state index in [1.165, 1.54) is 7.11 Å². The molecule has 1 atom stereocenters. The minimum atomic E-state index is -0.207. The molecule has 0 aliphatic heterocycles. The first-order valence-electron chi connectivity index (χ1n) is 5.34. The van der Waals surface area contributed by atoms with E-state index in [2.05, 4.69) is 6.92 Å². The van der Waals surface area contributed by atoms with Crippen LogP contribution >= 0.6 is 0 Å². The van der Waals surface area contributed by atoms with Gasteiger partial charge in [0, 0.05) is 6.04 Å². The highest BCUT2D eigenvalue weighted by Crippen LogP contribution is 2.49. The number of ether oxygens (including phenoxy) is 1. The van der Waals surface area contributed by atoms with Gasteiger partial charge in [-0.15, -0.1) is 0 Å². The SMILES string of the molecule is COC(=O)C1(CCC(C)N)CC(C)C1. The summed E-state index contributed by atoms with van der Waals surface area (Å²) in [6.45, 7) is 4.15. The molecule has 0 heterocycles. The number of hydrogen-bond acceptors (Lipinski definition) is 3. The number of hydrogen-bond donors (Lipinski definition) is 1. The number of nitrogens with two attached hydrogens (primary N) is 1. The van der Waals surface area contributed by atoms with Gasteiger partial charge in [-0.05, 0) is 38.5 Å². The van der Waals surface area contributed by atoms with Gasteiger partial charge < -0.3 is 10.5 Å². The van der Waals surface area contributed by atoms with Gasteiger partial charge in [0.2, 0.25) is 0 Å². The van der Waals surface area contributed by atoms with Crippen molar-refractivity contribution in [3.63, 3.8) is 0 Å². The standard InChI is InChI=1S/C11H21NO2/c1-8-6-11(7-8,10(13)14-3)5-4-9(2)12/h8-9H,4-7,12H2,1-3H3. The van der Waals surface area contributed by atoms with Crippen molar-refractivity contribution in [2.45, 2.75) is 45.6 Å². The van der Waals surface area contributed by atoms with Gasteiger partial charge in [-0.25, -0.2) is 0 Å². The molecule has 0 saturated heterocycles. The molecule has 1 rings (SSSR count). The summed E-state index contributed by atoms with van der Waals surface area (Å²) in [4.78, 5) is 11.6. The van der Waals surface area contributed by atoms with Crippen LogP contribution in [0.4, 0.5) is 0 Å². The second kappa shape index (κ2) is 4.30. The lowest BCUT2D eigenvalue weighted by Crippen LogP contribution is -2.44. The molecule has 0 radical (unpaired) electrons. The Morgan fingerprint density at radius 1 is 1.64 bits per heavy atom. The van der Waals surface area contributed by atoms with E-state index in [0.29, 0.717) is 5.92 Å². The smallest absolute Gasteiger partial charge is 0.311 e. The zero-order chi connectivity index (χ0) is 10.8. The van der Waals surface area contributed by atoms with Crippen LogP contribution in [0.2, 0.25) is 0 Å². The summed E-state index contributed by atoms with van der Waals surface area (Å²) in [5.41, 5.74) is 5.50. The summed E-state index contributed by atoms with van der Waals surface area (Å²) in [5.74, 6) is 0.610. The monoisotopic (exact) mass is 199 g/mol. The third-order valence-electron chi connectivity index (χ3n) is 3.18. The number of methoxy groups -OCH3 is 1. The van der Waals surface area contributed by atoms with Crippen molar-refractivity contribution in [1.82, 2.24) is 0 Å². The van der Waals surface area contributed by atoms with Gasteiger partial charge >= 0.3 is 5.97 Å². The highest BCUT2D eigenvalue weighted by atomic mass is 16.5. The Morgan fingerprint density at radius 3 is 2.57 bits per heavy atom. The van der Waals surface area contributed by atoms with Crippen molar-refractivity contribution in [3.05, 3.63) is 0 Å². The summed E-state index contributed by atoms with van der Waals surface area (Å²) in [6.07, 6.45) is 3.71. The summed E-state index contributed by atoms with van der Waals surface area (Å²) >= 11 is 0. The molecule has 1 aliphatic carbocycles. The van der Waals surface area contributed by atoms with Gasteiger partial charge in [-0.3, -0.25) is 4.79 Å². The third kappa shape index (κ3) is 2.27. The maximum atomic E-state index is 11.6. The molecule has 3 heteroatoms. The summed E-state index contributed by atoms with van der Waals surface area (Å²) < 4.78 is 4.86. The van der Waals surface area contributed by atoms with E-state index in [1.54, 1.807) is 0 Å². The second-order valence-electron chi connectivity index (χ2n) is 4.80. The Bertz CT molecular complexity index is 207. The number of carbonyl (C=O) groups excluding carboxylic acids is 1. The molecule has 0 aromatic heterocycles. The molecular formula is C11H21NO2. The molecule has 2 N–H and O–H groups in total. The van der Waals surface area contributed by atoms with Gasteiger partial charge in [0.15, 0.2) is 0 Å². The first kappa shape index (κ1) is 11.5. The fraction of sp³-hybridized carbons (Fsp3) is 0.909. The van der Waals surface area contributed by atoms with Crippen molar-refractivity contribution in [2.75, 3.05) is 7.11 Å². The van der Waals surface area contributed by atoms with Crippen LogP contribution in [0.25, 0.3) is 0 Å². The largest absolute Gasteiger partial charge is 0.469 e. The van der Waals surface area contributed by atoms with Crippen molar-refractivity contribution in [2.24, 2.45) is 17.1 Å². The van der Waals surface area contributed by atoms with Crippen LogP contribution in [-0.4, -0.2) is 19.1 Å². The summed E-state index contributed by atoms with van der Waals surface area (Å²) in [7, 11) is 1.47. The van der Waals surface area contributed by atoms with E-state index in [0.717, 1.165) is 25.7 Å². The van der Waals surface area contributed by atoms with Crippen LogP contribution in [0.1, 0.15) is 39.5 Å². The van der Waals surface area contributed by atoms with Gasteiger partial charge in [0.1, 0.15) is 0 Å². The van der Waals surface area contributed by atoms with Gasteiger partial charge in [-0.1, -0.05) is 6.92 Å². The summed E-state index contributed by atoms with van der Waals surface area (Å²) in [6, 6.07) is 0.174. The molecule has 3 nitrogen and oxygen atoms in total. The molecule has 1 unspecified atom stereocenters. The molecular weight excluding hydrogens is 178 g/mol. The van der Waals surface area contributed by atoms with Crippen molar-refractivity contribution in [1.29, 1.82) is 0 Å². The summed E-state index contributed by atoms with van der Waals surface area (Å²) in [5, 5.41) is 0. The Morgan fingerprint density at radius 2 is 2.21 bits per heavy atom. The lowest BCUT2D eigenvalue weighted by molar-refractivity contribution is -0.162. The van der Waals surface area contributed by atoms with Crippen LogP contribution in [0, 0.1) is 11.3 Å². The van der Waals surface area contributed by atoms with E-state index in [-0.39, 0.29) is 17.4 Å². The van der Waals surface area contributed by atoms with E-state index in [9.17, 15) is 4.79 Å². The molecule has 0 aromatic carbocycles. The van der Waals surface area contributed by atoms with Crippen molar-refractivity contribution >= 4 is 5.97 Å². The zero-order valence-corrected chi connectivity index (χ0v) is 9.38. The van der Waals surface area contributed by atoms with Gasteiger partial charge in [0.25, 0.3) is 0 Å². The Balaban J connectivity index is 2.51. The number of carbonyl (C=O) groups is 1. The first-order valence-corrected chi connectivity index (χ1v) is 5.34. The molecule has 0 amide bonds. The van der Waals surface area contributed by atoms with Crippen molar-refractivity contribution in [3.8, 4) is 0 Å². The minimum Gasteiger partial charge on any atom is -0.469 e. The predicted molar refractivity (Wildman–Crippen MR) is 55.7 cm³/mol. The second-order valence-corrected chi connectivity index (χ2v) is 4.80. The lowest BCUT2D eigenvalue weighted by Gasteiger charge is -2.44. The van der Waals surface area contributed by atoms with Gasteiger partial charge in [-0.2, -0.15) is 0 Å². The Hall–Kier alpha value is -0.570. The van der Waals surface area contributed by atoms with Crippen LogP contribution in [0.3, 0.4) is 0 Å². The fourth-order valence-electron chi connectivity index (χ4n) is 2.47. The first-order chi connectivity index (χ1) is 6.50. The Labute approximate surface area is 86.0 Å². The maximum absolute atomic E-state index is 11.6. The zero-order valence-electron chi connectivity index (χ0n) is 9.38. The van der Waals surface area contributed by atoms with Crippen LogP contribution in [0.15, 0.2) is 0 Å². The highest BCUT2D eigenvalue weighted by molar-refractivity contribution is 5.77. The fourth-order valence-corrected chi connectivity index (χ4v) is 2.47. The average molecular weight is 199 g/mol. The normalized spacial score (nSPS) is 33.3. The quantitative estimate of drug-likeness (QED) is 0.701. The Kier molecular flexibility index (Phi) is 3.53. The molecule has 82 valence electrons. The van der Waals surface area contributed by atoms with Crippen molar-refractivity contribution < 1.29 is 9.53 Å². The van der Waals surface area contributed by atoms with E-state index in [4.69, 9.17) is 10.5 Å². The molecule has 14 heavy (non-hydrogen) atoms. The van der Waals surface area contributed by atoms with E-state index >= 15 is 0 Å². The molecule has 0 bridgehead atoms. The van der Waals surface area contributed by atoms with Crippen LogP contribution < -0.4 is 5.73 Å². The van der Waals surface area contributed by atoms with Crippen LogP contribution in [-0.2, 0) is 9.53 Å². The maximum Gasteiger partial charge on any atom is 0.311 e. The number of rotatable bonds is 4. The van der Waals surface area contributed by atoms with Crippen LogP contribution in [0.5, 0.6) is 0 Å². The highest BCUT2D eigenvalue weighted by Gasteiger charge is 2.48. The van der Waals surface area contributed by atoms with E-state index in [1.807, 2.05) is 6.92 Å². The molecule has 1 aliphatic rings. The van der Waals surface area contributed by atoms with Gasteiger partial charge in [0.05, 0.1) is 12.5 Å². The lowest BCUT2D eigenvalue weighted by atomic mass is 9.60. The minimum absolute atomic E-state index is 0.0451. The molecule has 0 aromatic rings. The third-order valence-corrected chi connectivity index (χ3v) is 3.18. The topological polar surface area (TPSA) is 52.3 Å². The molecule has 1 saturated carbocycles.